The van der Waals surface area contributed by atoms with Crippen LogP contribution in [0.1, 0.15) is 42.5 Å². The number of nitrogens with one attached hydrogen (secondary N) is 1. The third-order valence-electron chi connectivity index (χ3n) is 9.59. The van der Waals surface area contributed by atoms with E-state index in [-0.39, 0.29) is 29.1 Å². The molecule has 8 heteroatoms. The van der Waals surface area contributed by atoms with Gasteiger partial charge >= 0.3 is 0 Å². The molecule has 4 bridgehead atoms. The Balaban J connectivity index is 1.64. The Bertz CT molecular complexity index is 1390. The molecule has 6 aliphatic rings. The standard InChI is InChI=1S/C28H30N2O6/c1-5-30-11-10-27-20-15-6-7-18(34-3)24(20)36-25(27)28(35-4)9-8-26(27,19(30)12-15)21-17(32)13-16(29-14(2)31)23(33)22(21)28/h6-9,13,19,25,32-33H,5,10-12H2,1-4H3,(H,29,31). The maximum atomic E-state index is 11.9. The van der Waals surface area contributed by atoms with Gasteiger partial charge in [0.05, 0.1) is 18.2 Å². The summed E-state index contributed by atoms with van der Waals surface area (Å²) in [6, 6.07) is 5.62. The van der Waals surface area contributed by atoms with Crippen LogP contribution < -0.4 is 14.8 Å². The second-order valence-corrected chi connectivity index (χ2v) is 10.6. The number of hydrogen-bond donors (Lipinski definition) is 3. The fourth-order valence-electron chi connectivity index (χ4n) is 8.48. The van der Waals surface area contributed by atoms with Gasteiger partial charge in [-0.15, -0.1) is 0 Å². The molecule has 5 unspecified atom stereocenters. The first kappa shape index (κ1) is 22.0. The maximum Gasteiger partial charge on any atom is 0.221 e. The number of hydrogen-bond acceptors (Lipinski definition) is 7. The highest BCUT2D eigenvalue weighted by atomic mass is 16.6. The number of amides is 1. The number of carbonyl (C=O) groups is 1. The van der Waals surface area contributed by atoms with Crippen molar-refractivity contribution in [3.8, 4) is 23.0 Å². The van der Waals surface area contributed by atoms with Crippen molar-refractivity contribution >= 4 is 11.6 Å². The molecule has 2 aromatic rings. The second-order valence-electron chi connectivity index (χ2n) is 10.6. The number of aromatic hydroxyl groups is 2. The number of anilines is 1. The van der Waals surface area contributed by atoms with Crippen molar-refractivity contribution < 1.29 is 29.2 Å². The summed E-state index contributed by atoms with van der Waals surface area (Å²) >= 11 is 0. The zero-order chi connectivity index (χ0) is 25.2. The minimum absolute atomic E-state index is 0.0382. The first-order valence-electron chi connectivity index (χ1n) is 12.5. The second kappa shape index (κ2) is 6.75. The van der Waals surface area contributed by atoms with E-state index >= 15 is 0 Å². The predicted molar refractivity (Wildman–Crippen MR) is 132 cm³/mol. The van der Waals surface area contributed by atoms with Crippen molar-refractivity contribution in [1.82, 2.24) is 4.90 Å². The average molecular weight is 491 g/mol. The molecule has 36 heavy (non-hydrogen) atoms. The summed E-state index contributed by atoms with van der Waals surface area (Å²) in [5.74, 6) is 1.00. The number of ether oxygens (including phenoxy) is 3. The van der Waals surface area contributed by atoms with E-state index in [0.717, 1.165) is 37.2 Å². The van der Waals surface area contributed by atoms with Gasteiger partial charge in [0.1, 0.15) is 17.6 Å². The highest BCUT2D eigenvalue weighted by Crippen LogP contribution is 2.76. The van der Waals surface area contributed by atoms with Gasteiger partial charge in [0.2, 0.25) is 5.91 Å². The van der Waals surface area contributed by atoms with Crippen LogP contribution in [0.5, 0.6) is 23.0 Å². The van der Waals surface area contributed by atoms with Crippen molar-refractivity contribution in [2.45, 2.75) is 55.3 Å². The molecule has 2 aromatic carbocycles. The SMILES string of the molecule is CCN1CCC23c4c5ccc(OC)c4OC2C2(OC)C=CC3(c3c(O)cc(NC(C)=O)c(O)c32)C1C5. The molecule has 2 heterocycles. The Kier molecular flexibility index (Phi) is 4.12. The van der Waals surface area contributed by atoms with E-state index in [1.807, 2.05) is 12.1 Å². The van der Waals surface area contributed by atoms with Gasteiger partial charge in [0, 0.05) is 48.2 Å². The number of rotatable bonds is 4. The van der Waals surface area contributed by atoms with Crippen LogP contribution in [0.3, 0.4) is 0 Å². The maximum absolute atomic E-state index is 11.9. The molecule has 8 nitrogen and oxygen atoms in total. The summed E-state index contributed by atoms with van der Waals surface area (Å²) in [5.41, 5.74) is 1.31. The Morgan fingerprint density at radius 3 is 2.72 bits per heavy atom. The number of piperidine rings is 1. The van der Waals surface area contributed by atoms with Crippen LogP contribution in [0, 0.1) is 0 Å². The molecule has 0 aromatic heterocycles. The van der Waals surface area contributed by atoms with Crippen LogP contribution in [0.15, 0.2) is 30.4 Å². The van der Waals surface area contributed by atoms with Crippen molar-refractivity contribution in [2.24, 2.45) is 0 Å². The first-order valence-corrected chi connectivity index (χ1v) is 12.5. The van der Waals surface area contributed by atoms with Gasteiger partial charge in [-0.25, -0.2) is 0 Å². The van der Waals surface area contributed by atoms with E-state index in [9.17, 15) is 15.0 Å². The molecule has 4 aliphatic carbocycles. The van der Waals surface area contributed by atoms with E-state index in [0.29, 0.717) is 16.9 Å². The van der Waals surface area contributed by atoms with Gasteiger partial charge in [-0.2, -0.15) is 0 Å². The van der Waals surface area contributed by atoms with Crippen LogP contribution in [0.4, 0.5) is 5.69 Å². The van der Waals surface area contributed by atoms with Crippen LogP contribution in [-0.2, 0) is 32.4 Å². The molecular weight excluding hydrogens is 460 g/mol. The fourth-order valence-corrected chi connectivity index (χ4v) is 8.48. The van der Waals surface area contributed by atoms with Gasteiger partial charge in [0.25, 0.3) is 0 Å². The smallest absolute Gasteiger partial charge is 0.221 e. The lowest BCUT2D eigenvalue weighted by molar-refractivity contribution is -0.147. The number of carbonyl (C=O) groups excluding carboxylic acids is 1. The van der Waals surface area contributed by atoms with Gasteiger partial charge in [-0.3, -0.25) is 9.69 Å². The lowest BCUT2D eigenvalue weighted by Gasteiger charge is -2.69. The molecule has 2 aliphatic heterocycles. The Morgan fingerprint density at radius 2 is 2.03 bits per heavy atom. The number of methoxy groups -OCH3 is 2. The lowest BCUT2D eigenvalue weighted by Crippen LogP contribution is -2.78. The molecule has 1 fully saturated rings. The summed E-state index contributed by atoms with van der Waals surface area (Å²) in [5, 5.41) is 26.0. The van der Waals surface area contributed by atoms with Crippen LogP contribution in [-0.4, -0.2) is 60.5 Å². The normalized spacial score (nSPS) is 34.1. The van der Waals surface area contributed by atoms with Crippen molar-refractivity contribution in [2.75, 3.05) is 32.6 Å². The van der Waals surface area contributed by atoms with Crippen LogP contribution in [0.25, 0.3) is 0 Å². The number of likely N-dealkylation sites (N-methyl/N-ethyl adjacent to an activating group) is 1. The minimum Gasteiger partial charge on any atom is -0.508 e. The van der Waals surface area contributed by atoms with Crippen molar-refractivity contribution in [1.29, 1.82) is 0 Å². The molecular formula is C28H30N2O6. The number of phenolic OH excluding ortho intramolecular Hbond substituents is 2. The number of phenols is 2. The summed E-state index contributed by atoms with van der Waals surface area (Å²) in [6.45, 7) is 5.29. The molecule has 5 atom stereocenters. The van der Waals surface area contributed by atoms with Gasteiger partial charge < -0.3 is 29.7 Å². The predicted octanol–water partition coefficient (Wildman–Crippen LogP) is 3.08. The van der Waals surface area contributed by atoms with E-state index in [2.05, 4.69) is 29.3 Å². The molecule has 1 amide bonds. The van der Waals surface area contributed by atoms with Gasteiger partial charge in [-0.05, 0) is 43.6 Å². The average Bonchev–Trinajstić information content (AvgIpc) is 3.23. The Morgan fingerprint density at radius 1 is 1.22 bits per heavy atom. The summed E-state index contributed by atoms with van der Waals surface area (Å²) < 4.78 is 18.9. The highest BCUT2D eigenvalue weighted by molar-refractivity contribution is 5.92. The molecule has 188 valence electrons. The highest BCUT2D eigenvalue weighted by Gasteiger charge is 2.79. The van der Waals surface area contributed by atoms with Crippen LogP contribution in [0.2, 0.25) is 0 Å². The topological polar surface area (TPSA) is 100 Å². The molecule has 0 saturated carbocycles. The molecule has 1 saturated heterocycles. The zero-order valence-electron chi connectivity index (χ0n) is 20.8. The summed E-state index contributed by atoms with van der Waals surface area (Å²) in [6.07, 6.45) is 5.30. The molecule has 0 radical (unpaired) electrons. The number of likely N-dealkylation sites (tertiary alicyclic amines) is 1. The van der Waals surface area contributed by atoms with E-state index < -0.39 is 22.5 Å². The van der Waals surface area contributed by atoms with E-state index in [1.165, 1.54) is 18.6 Å². The Labute approximate surface area is 209 Å². The molecule has 3 N–H and O–H groups in total. The largest absolute Gasteiger partial charge is 0.508 e. The number of benzene rings is 2. The summed E-state index contributed by atoms with van der Waals surface area (Å²) in [4.78, 5) is 14.4. The van der Waals surface area contributed by atoms with Crippen LogP contribution >= 0.6 is 0 Å². The van der Waals surface area contributed by atoms with Gasteiger partial charge in [0.15, 0.2) is 17.1 Å². The van der Waals surface area contributed by atoms with Gasteiger partial charge in [-0.1, -0.05) is 19.1 Å². The van der Waals surface area contributed by atoms with Crippen molar-refractivity contribution in [3.05, 3.63) is 52.6 Å². The third kappa shape index (κ3) is 2.07. The lowest BCUT2D eigenvalue weighted by atomic mass is 9.37. The van der Waals surface area contributed by atoms with Crippen molar-refractivity contribution in [3.63, 3.8) is 0 Å². The summed E-state index contributed by atoms with van der Waals surface area (Å²) in [7, 11) is 3.25. The zero-order valence-corrected chi connectivity index (χ0v) is 20.8. The monoisotopic (exact) mass is 490 g/mol. The minimum atomic E-state index is -1.18. The molecule has 8 rings (SSSR count). The van der Waals surface area contributed by atoms with E-state index in [1.54, 1.807) is 14.2 Å². The fraction of sp³-hybridized carbons (Fsp3) is 0.464. The third-order valence-corrected chi connectivity index (χ3v) is 9.59. The quantitative estimate of drug-likeness (QED) is 0.344. The molecule has 2 spiro atoms. The van der Waals surface area contributed by atoms with E-state index in [4.69, 9.17) is 14.2 Å². The number of nitrogens with zero attached hydrogens (tertiary/aromatic N) is 1. The Hall–Kier alpha value is -3.23. The first-order chi connectivity index (χ1) is 17.3.